The number of hydrogen-bond donors (Lipinski definition) is 1. The molecule has 152 valence electrons. The van der Waals surface area contributed by atoms with Gasteiger partial charge in [0.1, 0.15) is 11.6 Å². The number of carbonyl (C=O) groups is 1. The summed E-state index contributed by atoms with van der Waals surface area (Å²) in [6, 6.07) is 17.6. The molecule has 1 N–H and O–H groups in total. The molecule has 1 aliphatic heterocycles. The van der Waals surface area contributed by atoms with E-state index in [1.54, 1.807) is 7.11 Å². The van der Waals surface area contributed by atoms with Crippen LogP contribution in [0.4, 0.5) is 0 Å². The van der Waals surface area contributed by atoms with E-state index in [1.807, 2.05) is 47.4 Å². The molecule has 1 saturated carbocycles. The number of benzene rings is 2. The number of aromatic amines is 1. The molecular formula is C24H23N3O3. The molecule has 3 aromatic rings. The molecule has 2 aromatic carbocycles. The number of nitrogens with one attached hydrogen (secondary N) is 1. The van der Waals surface area contributed by atoms with Gasteiger partial charge in [-0.05, 0) is 42.2 Å². The van der Waals surface area contributed by atoms with Crippen LogP contribution >= 0.6 is 0 Å². The minimum absolute atomic E-state index is 0.0274. The summed E-state index contributed by atoms with van der Waals surface area (Å²) in [5.41, 5.74) is 3.27. The normalized spacial score (nSPS) is 19.8. The van der Waals surface area contributed by atoms with Gasteiger partial charge >= 0.3 is 0 Å². The average molecular weight is 401 g/mol. The zero-order chi connectivity index (χ0) is 20.7. The van der Waals surface area contributed by atoms with E-state index in [9.17, 15) is 9.59 Å². The smallest absolute Gasteiger partial charge is 0.256 e. The van der Waals surface area contributed by atoms with Crippen molar-refractivity contribution in [3.63, 3.8) is 0 Å². The Hall–Kier alpha value is -3.41. The summed E-state index contributed by atoms with van der Waals surface area (Å²) in [7, 11) is 1.62. The minimum Gasteiger partial charge on any atom is -0.497 e. The van der Waals surface area contributed by atoms with Crippen LogP contribution in [0.1, 0.15) is 29.2 Å². The van der Waals surface area contributed by atoms with Gasteiger partial charge in [-0.2, -0.15) is 0 Å². The highest BCUT2D eigenvalue weighted by Crippen LogP contribution is 2.48. The van der Waals surface area contributed by atoms with Crippen molar-refractivity contribution in [2.45, 2.75) is 25.3 Å². The number of methoxy groups -OCH3 is 1. The molecule has 1 amide bonds. The number of fused-ring (bicyclic) bond motifs is 1. The standard InChI is InChI=1S/C24H23N3O3/c1-30-17-9-7-16(8-10-17)22-25-21-11-12-27(14-20(21)23(28)26-22)24(29)19-13-18(19)15-5-3-2-4-6-15/h2-10,18-19H,11-14H2,1H3,(H,25,26,28)/t18-,19-/m0/s1. The van der Waals surface area contributed by atoms with E-state index in [1.165, 1.54) is 5.56 Å². The number of nitrogens with zero attached hydrogens (tertiary/aromatic N) is 2. The van der Waals surface area contributed by atoms with Crippen LogP contribution < -0.4 is 10.3 Å². The maximum atomic E-state index is 13.0. The highest BCUT2D eigenvalue weighted by atomic mass is 16.5. The number of hydrogen-bond acceptors (Lipinski definition) is 4. The lowest BCUT2D eigenvalue weighted by Gasteiger charge is -2.28. The minimum atomic E-state index is -0.168. The van der Waals surface area contributed by atoms with Gasteiger partial charge in [-0.1, -0.05) is 30.3 Å². The monoisotopic (exact) mass is 401 g/mol. The van der Waals surface area contributed by atoms with Crippen LogP contribution in [0.3, 0.4) is 0 Å². The lowest BCUT2D eigenvalue weighted by molar-refractivity contribution is -0.133. The molecule has 0 radical (unpaired) electrons. The summed E-state index contributed by atoms with van der Waals surface area (Å²) in [5, 5.41) is 0. The van der Waals surface area contributed by atoms with Crippen molar-refractivity contribution >= 4 is 5.91 Å². The largest absolute Gasteiger partial charge is 0.497 e. The Morgan fingerprint density at radius 3 is 2.63 bits per heavy atom. The second kappa shape index (κ2) is 7.44. The summed E-state index contributed by atoms with van der Waals surface area (Å²) in [6.07, 6.45) is 1.48. The Morgan fingerprint density at radius 1 is 1.13 bits per heavy atom. The molecular weight excluding hydrogens is 378 g/mol. The van der Waals surface area contributed by atoms with Crippen molar-refractivity contribution in [2.24, 2.45) is 5.92 Å². The molecule has 30 heavy (non-hydrogen) atoms. The van der Waals surface area contributed by atoms with E-state index in [0.29, 0.717) is 36.8 Å². The Labute approximate surface area is 174 Å². The quantitative estimate of drug-likeness (QED) is 0.729. The van der Waals surface area contributed by atoms with E-state index in [2.05, 4.69) is 22.1 Å². The second-order valence-corrected chi connectivity index (χ2v) is 7.94. The van der Waals surface area contributed by atoms with Crippen molar-refractivity contribution < 1.29 is 9.53 Å². The zero-order valence-electron chi connectivity index (χ0n) is 16.8. The molecule has 6 nitrogen and oxygen atoms in total. The maximum absolute atomic E-state index is 13.0. The first-order valence-electron chi connectivity index (χ1n) is 10.2. The number of carbonyl (C=O) groups excluding carboxylic acids is 1. The third-order valence-electron chi connectivity index (χ3n) is 6.08. The zero-order valence-corrected chi connectivity index (χ0v) is 16.8. The summed E-state index contributed by atoms with van der Waals surface area (Å²) in [5.74, 6) is 1.77. The van der Waals surface area contributed by atoms with E-state index in [4.69, 9.17) is 4.74 Å². The van der Waals surface area contributed by atoms with E-state index >= 15 is 0 Å². The third kappa shape index (κ3) is 3.38. The Kier molecular flexibility index (Phi) is 4.62. The van der Waals surface area contributed by atoms with Gasteiger partial charge in [0.2, 0.25) is 5.91 Å². The molecule has 5 rings (SSSR count). The molecule has 0 bridgehead atoms. The van der Waals surface area contributed by atoms with Crippen LogP contribution in [0.5, 0.6) is 5.75 Å². The molecule has 1 aliphatic carbocycles. The van der Waals surface area contributed by atoms with E-state index < -0.39 is 0 Å². The second-order valence-electron chi connectivity index (χ2n) is 7.94. The first kappa shape index (κ1) is 18.6. The van der Waals surface area contributed by atoms with Gasteiger partial charge in [0.05, 0.1) is 24.9 Å². The van der Waals surface area contributed by atoms with Crippen LogP contribution in [0, 0.1) is 5.92 Å². The summed E-state index contributed by atoms with van der Waals surface area (Å²) >= 11 is 0. The van der Waals surface area contributed by atoms with Crippen LogP contribution in [-0.2, 0) is 17.8 Å². The first-order chi connectivity index (χ1) is 14.6. The molecule has 6 heteroatoms. The number of amides is 1. The maximum Gasteiger partial charge on any atom is 0.256 e. The predicted octanol–water partition coefficient (Wildman–Crippen LogP) is 3.13. The number of H-pyrrole nitrogens is 1. The fourth-order valence-corrected chi connectivity index (χ4v) is 4.27. The summed E-state index contributed by atoms with van der Waals surface area (Å²) in [4.78, 5) is 35.1. The third-order valence-corrected chi connectivity index (χ3v) is 6.08. The van der Waals surface area contributed by atoms with Crippen molar-refractivity contribution in [1.82, 2.24) is 14.9 Å². The highest BCUT2D eigenvalue weighted by Gasteiger charge is 2.46. The lowest BCUT2D eigenvalue weighted by Crippen LogP contribution is -2.40. The SMILES string of the molecule is COc1ccc(-c2nc3c(c(=O)[nH]2)CN(C(=O)[C@H]2C[C@H]2c2ccccc2)CC3)cc1. The topological polar surface area (TPSA) is 75.3 Å². The molecule has 1 aromatic heterocycles. The molecule has 2 aliphatic rings. The summed E-state index contributed by atoms with van der Waals surface area (Å²) < 4.78 is 5.18. The van der Waals surface area contributed by atoms with Gasteiger partial charge in [-0.15, -0.1) is 0 Å². The van der Waals surface area contributed by atoms with Crippen molar-refractivity contribution in [3.8, 4) is 17.1 Å². The van der Waals surface area contributed by atoms with Crippen LogP contribution in [-0.4, -0.2) is 34.4 Å². The molecule has 2 heterocycles. The number of aromatic nitrogens is 2. The Morgan fingerprint density at radius 2 is 1.90 bits per heavy atom. The van der Waals surface area contributed by atoms with Crippen LogP contribution in [0.25, 0.3) is 11.4 Å². The summed E-state index contributed by atoms with van der Waals surface area (Å²) in [6.45, 7) is 0.930. The Bertz CT molecular complexity index is 1140. The average Bonchev–Trinajstić information content (AvgIpc) is 3.60. The van der Waals surface area contributed by atoms with Gasteiger partial charge in [-0.3, -0.25) is 9.59 Å². The van der Waals surface area contributed by atoms with Gasteiger partial charge in [0.25, 0.3) is 5.56 Å². The van der Waals surface area contributed by atoms with Gasteiger partial charge in [0, 0.05) is 24.4 Å². The predicted molar refractivity (Wildman–Crippen MR) is 113 cm³/mol. The van der Waals surface area contributed by atoms with E-state index in [-0.39, 0.29) is 17.4 Å². The molecule has 2 atom stereocenters. The molecule has 0 spiro atoms. The highest BCUT2D eigenvalue weighted by molar-refractivity contribution is 5.83. The number of ether oxygens (including phenoxy) is 1. The number of rotatable bonds is 4. The van der Waals surface area contributed by atoms with Crippen molar-refractivity contribution in [1.29, 1.82) is 0 Å². The molecule has 1 fully saturated rings. The fourth-order valence-electron chi connectivity index (χ4n) is 4.27. The first-order valence-corrected chi connectivity index (χ1v) is 10.2. The molecule has 0 unspecified atom stereocenters. The van der Waals surface area contributed by atoms with Crippen molar-refractivity contribution in [3.05, 3.63) is 81.8 Å². The lowest BCUT2D eigenvalue weighted by atomic mass is 10.0. The van der Waals surface area contributed by atoms with Gasteiger partial charge in [-0.25, -0.2) is 4.98 Å². The van der Waals surface area contributed by atoms with Gasteiger partial charge < -0.3 is 14.6 Å². The van der Waals surface area contributed by atoms with Crippen LogP contribution in [0.15, 0.2) is 59.4 Å². The fraction of sp³-hybridized carbons (Fsp3) is 0.292. The van der Waals surface area contributed by atoms with E-state index in [0.717, 1.165) is 23.4 Å². The Balaban J connectivity index is 1.33. The van der Waals surface area contributed by atoms with Crippen LogP contribution in [0.2, 0.25) is 0 Å². The molecule has 0 saturated heterocycles. The van der Waals surface area contributed by atoms with Crippen molar-refractivity contribution in [2.75, 3.05) is 13.7 Å². The van der Waals surface area contributed by atoms with Gasteiger partial charge in [0.15, 0.2) is 0 Å².